The van der Waals surface area contributed by atoms with Gasteiger partial charge in [-0.05, 0) is 38.0 Å². The maximum atomic E-state index is 13.7. The lowest BCUT2D eigenvalue weighted by molar-refractivity contribution is 0.0990. The van der Waals surface area contributed by atoms with Crippen molar-refractivity contribution >= 4 is 17.1 Å². The Balaban J connectivity index is 1.57. The molecule has 0 amide bonds. The molecule has 0 fully saturated rings. The monoisotopic (exact) mass is 422 g/mol. The van der Waals surface area contributed by atoms with Crippen molar-refractivity contribution in [2.75, 3.05) is 0 Å². The average molecular weight is 422 g/mol. The van der Waals surface area contributed by atoms with Crippen LogP contribution in [0.2, 0.25) is 0 Å². The second kappa shape index (κ2) is 8.23. The average Bonchev–Trinajstić information content (AvgIpc) is 3.36. The molecule has 4 aromatic heterocycles. The summed E-state index contributed by atoms with van der Waals surface area (Å²) in [5.41, 5.74) is 3.63. The summed E-state index contributed by atoms with van der Waals surface area (Å²) in [4.78, 5) is 26.6. The van der Waals surface area contributed by atoms with Crippen LogP contribution in [0.1, 0.15) is 39.2 Å². The number of pyridine rings is 2. The van der Waals surface area contributed by atoms with Crippen LogP contribution in [0.15, 0.2) is 41.3 Å². The minimum atomic E-state index is -0.488. The first kappa shape index (κ1) is 20.0. The largest absolute Gasteiger partial charge is 0.361 e. The van der Waals surface area contributed by atoms with E-state index in [1.807, 2.05) is 19.1 Å². The molecular weight excluding hydrogens is 403 g/mol. The highest BCUT2D eigenvalue weighted by Gasteiger charge is 2.17. The van der Waals surface area contributed by atoms with Crippen molar-refractivity contribution in [2.24, 2.45) is 0 Å². The number of aryl methyl sites for hydroxylation is 2. The lowest BCUT2D eigenvalue weighted by Gasteiger charge is -2.06. The lowest BCUT2D eigenvalue weighted by Crippen LogP contribution is -2.08. The number of nitrogens with zero attached hydrogens (tertiary/aromatic N) is 4. The summed E-state index contributed by atoms with van der Waals surface area (Å²) in [5, 5.41) is 4.84. The van der Waals surface area contributed by atoms with Crippen molar-refractivity contribution in [3.05, 3.63) is 70.1 Å². The van der Waals surface area contributed by atoms with E-state index in [1.165, 1.54) is 6.20 Å². The molecule has 0 aliphatic heterocycles. The third kappa shape index (κ3) is 3.91. The minimum Gasteiger partial charge on any atom is -0.361 e. The van der Waals surface area contributed by atoms with E-state index in [2.05, 4.69) is 22.0 Å². The highest BCUT2D eigenvalue weighted by molar-refractivity contribution is 7.15. The highest BCUT2D eigenvalue weighted by atomic mass is 32.1. The topological polar surface area (TPSA) is 81.8 Å². The molecule has 4 rings (SSSR count). The van der Waals surface area contributed by atoms with Crippen molar-refractivity contribution in [1.29, 1.82) is 0 Å². The summed E-state index contributed by atoms with van der Waals surface area (Å²) in [7, 11) is 0. The van der Waals surface area contributed by atoms with Gasteiger partial charge in [-0.25, -0.2) is 9.37 Å². The summed E-state index contributed by atoms with van der Waals surface area (Å²) in [5.74, 6) is 0.0310. The number of hydrogen-bond donors (Lipinski definition) is 0. The Morgan fingerprint density at radius 3 is 2.70 bits per heavy atom. The van der Waals surface area contributed by atoms with Crippen LogP contribution in [-0.4, -0.2) is 25.9 Å². The van der Waals surface area contributed by atoms with Gasteiger partial charge in [0.05, 0.1) is 18.3 Å². The number of hydrogen-bond acceptors (Lipinski definition) is 7. The molecule has 0 saturated heterocycles. The van der Waals surface area contributed by atoms with Crippen LogP contribution in [0.25, 0.3) is 22.0 Å². The summed E-state index contributed by atoms with van der Waals surface area (Å²) in [6.07, 6.45) is 5.12. The Morgan fingerprint density at radius 2 is 2.03 bits per heavy atom. The van der Waals surface area contributed by atoms with Gasteiger partial charge in [0.1, 0.15) is 22.3 Å². The zero-order valence-electron chi connectivity index (χ0n) is 16.8. The first-order valence-electron chi connectivity index (χ1n) is 9.48. The summed E-state index contributed by atoms with van der Waals surface area (Å²) < 4.78 is 18.8. The Labute approximate surface area is 176 Å². The molecule has 0 radical (unpaired) electrons. The number of carbonyl (C=O) groups is 1. The maximum Gasteiger partial charge on any atom is 0.170 e. The van der Waals surface area contributed by atoms with Crippen LogP contribution in [-0.2, 0) is 12.8 Å². The zero-order chi connectivity index (χ0) is 21.3. The summed E-state index contributed by atoms with van der Waals surface area (Å²) in [6, 6.07) is 5.56. The predicted octanol–water partition coefficient (Wildman–Crippen LogP) is 5.00. The second-order valence-corrected chi connectivity index (χ2v) is 7.98. The van der Waals surface area contributed by atoms with Gasteiger partial charge in [0.15, 0.2) is 5.78 Å². The minimum absolute atomic E-state index is 0.0768. The maximum absolute atomic E-state index is 13.7. The molecule has 0 spiro atoms. The molecule has 30 heavy (non-hydrogen) atoms. The molecule has 0 atom stereocenters. The van der Waals surface area contributed by atoms with Gasteiger partial charge in [-0.1, -0.05) is 12.1 Å². The zero-order valence-corrected chi connectivity index (χ0v) is 17.6. The number of halogens is 1. The number of Topliss-reactive ketones (excluding diaryl/α,β-unsaturated/α-hetero) is 1. The molecule has 0 saturated carbocycles. The smallest absolute Gasteiger partial charge is 0.170 e. The van der Waals surface area contributed by atoms with E-state index in [-0.39, 0.29) is 17.8 Å². The number of aromatic nitrogens is 4. The van der Waals surface area contributed by atoms with Gasteiger partial charge >= 0.3 is 0 Å². The molecule has 0 aliphatic carbocycles. The van der Waals surface area contributed by atoms with E-state index in [9.17, 15) is 9.18 Å². The van der Waals surface area contributed by atoms with Gasteiger partial charge in [-0.3, -0.25) is 14.8 Å². The molecule has 4 aromatic rings. The first-order valence-corrected chi connectivity index (χ1v) is 10.3. The molecule has 0 aliphatic rings. The third-order valence-corrected chi connectivity index (χ3v) is 5.98. The second-order valence-electron chi connectivity index (χ2n) is 6.90. The van der Waals surface area contributed by atoms with E-state index in [0.29, 0.717) is 17.0 Å². The van der Waals surface area contributed by atoms with Crippen LogP contribution in [0.4, 0.5) is 4.39 Å². The Hall–Kier alpha value is -3.26. The molecule has 152 valence electrons. The fraction of sp³-hybridized carbons (Fsp3) is 0.227. The normalized spacial score (nSPS) is 11.1. The van der Waals surface area contributed by atoms with Crippen LogP contribution in [0.5, 0.6) is 0 Å². The number of thiazole rings is 1. The summed E-state index contributed by atoms with van der Waals surface area (Å²) in [6.45, 7) is 5.49. The number of rotatable bonds is 6. The third-order valence-electron chi connectivity index (χ3n) is 4.76. The van der Waals surface area contributed by atoms with Gasteiger partial charge in [0.2, 0.25) is 0 Å². The fourth-order valence-corrected chi connectivity index (χ4v) is 4.08. The predicted molar refractivity (Wildman–Crippen MR) is 112 cm³/mol. The van der Waals surface area contributed by atoms with Crippen LogP contribution < -0.4 is 0 Å². The van der Waals surface area contributed by atoms with Crippen molar-refractivity contribution in [3.8, 4) is 22.0 Å². The molecular formula is C22H19FN4O2S. The van der Waals surface area contributed by atoms with Crippen molar-refractivity contribution in [2.45, 2.75) is 33.6 Å². The number of ketones is 1. The number of carbonyl (C=O) groups excluding carboxylic acids is 1. The van der Waals surface area contributed by atoms with Crippen LogP contribution >= 0.6 is 11.3 Å². The SMILES string of the molecule is CCc1sc(-c2cc(C)on2)nc1-c1ccc(CC(=O)c2cncc(F)c2C)nc1. The van der Waals surface area contributed by atoms with Gasteiger partial charge in [0.25, 0.3) is 0 Å². The van der Waals surface area contributed by atoms with Gasteiger partial charge in [0, 0.05) is 40.2 Å². The van der Waals surface area contributed by atoms with E-state index in [1.54, 1.807) is 30.5 Å². The van der Waals surface area contributed by atoms with E-state index >= 15 is 0 Å². The Kier molecular flexibility index (Phi) is 5.50. The molecule has 0 bridgehead atoms. The molecule has 0 unspecified atom stereocenters. The quantitative estimate of drug-likeness (QED) is 0.407. The lowest BCUT2D eigenvalue weighted by atomic mass is 10.0. The van der Waals surface area contributed by atoms with E-state index < -0.39 is 5.82 Å². The van der Waals surface area contributed by atoms with Gasteiger partial charge in [-0.2, -0.15) is 0 Å². The highest BCUT2D eigenvalue weighted by Crippen LogP contribution is 2.33. The van der Waals surface area contributed by atoms with E-state index in [4.69, 9.17) is 9.51 Å². The van der Waals surface area contributed by atoms with Crippen LogP contribution in [0.3, 0.4) is 0 Å². The Morgan fingerprint density at radius 1 is 1.20 bits per heavy atom. The molecule has 6 nitrogen and oxygen atoms in total. The van der Waals surface area contributed by atoms with Gasteiger partial charge < -0.3 is 4.52 Å². The summed E-state index contributed by atoms with van der Waals surface area (Å²) >= 11 is 1.58. The fourth-order valence-electron chi connectivity index (χ4n) is 3.10. The Bertz CT molecular complexity index is 1210. The first-order chi connectivity index (χ1) is 14.5. The molecule has 8 heteroatoms. The van der Waals surface area contributed by atoms with Crippen molar-refractivity contribution in [1.82, 2.24) is 20.1 Å². The van der Waals surface area contributed by atoms with Crippen molar-refractivity contribution in [3.63, 3.8) is 0 Å². The van der Waals surface area contributed by atoms with Crippen LogP contribution in [0, 0.1) is 19.7 Å². The van der Waals surface area contributed by atoms with Gasteiger partial charge in [-0.15, -0.1) is 11.3 Å². The molecule has 4 heterocycles. The van der Waals surface area contributed by atoms with E-state index in [0.717, 1.165) is 39.5 Å². The molecule has 0 N–H and O–H groups in total. The standard InChI is InChI=1S/C22H19FN4O2S/c1-4-20-21(26-22(30-20)18-7-12(2)29-27-18)14-5-6-15(25-9-14)8-19(28)16-10-24-11-17(23)13(16)3/h5-7,9-11H,4,8H2,1-3H3. The molecule has 0 aromatic carbocycles. The van der Waals surface area contributed by atoms with Crippen molar-refractivity contribution < 1.29 is 13.7 Å².